The predicted molar refractivity (Wildman–Crippen MR) is 102 cm³/mol. The molecule has 0 heterocycles. The van der Waals surface area contributed by atoms with Gasteiger partial charge in [0.25, 0.3) is 0 Å². The van der Waals surface area contributed by atoms with Crippen molar-refractivity contribution in [3.05, 3.63) is 63.6 Å². The van der Waals surface area contributed by atoms with E-state index in [-0.39, 0.29) is 29.8 Å². The van der Waals surface area contributed by atoms with Gasteiger partial charge in [-0.05, 0) is 42.8 Å². The Balaban J connectivity index is 1.86. The molecule has 5 nitrogen and oxygen atoms in total. The molecule has 2 rings (SSSR count). The second-order valence-electron chi connectivity index (χ2n) is 5.41. The highest BCUT2D eigenvalue weighted by atomic mass is 79.9. The first-order valence-corrected chi connectivity index (χ1v) is 10.2. The molecular weight excluding hydrogens is 428 g/mol. The van der Waals surface area contributed by atoms with Crippen LogP contribution in [0.3, 0.4) is 0 Å². The molecule has 2 aromatic rings. The van der Waals surface area contributed by atoms with Crippen LogP contribution >= 0.6 is 27.5 Å². The summed E-state index contributed by atoms with van der Waals surface area (Å²) in [6.07, 6.45) is 0.0433. The summed E-state index contributed by atoms with van der Waals surface area (Å²) in [7, 11) is -3.66. The second kappa shape index (κ2) is 8.80. The summed E-state index contributed by atoms with van der Waals surface area (Å²) in [5, 5.41) is 3.31. The Morgan fingerprint density at radius 2 is 1.80 bits per heavy atom. The monoisotopic (exact) mass is 444 g/mol. The molecule has 134 valence electrons. The summed E-state index contributed by atoms with van der Waals surface area (Å²) in [6, 6.07) is 13.3. The van der Waals surface area contributed by atoms with Gasteiger partial charge in [0, 0.05) is 22.5 Å². The zero-order chi connectivity index (χ0) is 18.4. The van der Waals surface area contributed by atoms with E-state index < -0.39 is 10.0 Å². The summed E-state index contributed by atoms with van der Waals surface area (Å²) in [4.78, 5) is 12.1. The molecule has 0 spiro atoms. The van der Waals surface area contributed by atoms with Crippen molar-refractivity contribution in [3.63, 3.8) is 0 Å². The van der Waals surface area contributed by atoms with Crippen LogP contribution in [-0.4, -0.2) is 20.9 Å². The van der Waals surface area contributed by atoms with Crippen LogP contribution in [-0.2, 0) is 14.8 Å². The number of hydrogen-bond donors (Lipinski definition) is 2. The molecule has 1 amide bonds. The zero-order valence-corrected chi connectivity index (χ0v) is 16.7. The molecule has 0 aromatic heterocycles. The first-order valence-electron chi connectivity index (χ1n) is 7.58. The van der Waals surface area contributed by atoms with Gasteiger partial charge in [0.05, 0.1) is 10.9 Å². The molecule has 0 saturated heterocycles. The zero-order valence-electron chi connectivity index (χ0n) is 13.5. The van der Waals surface area contributed by atoms with Crippen molar-refractivity contribution in [1.82, 2.24) is 10.0 Å². The topological polar surface area (TPSA) is 75.3 Å². The Labute approximate surface area is 161 Å². The van der Waals surface area contributed by atoms with Gasteiger partial charge >= 0.3 is 0 Å². The Morgan fingerprint density at radius 1 is 1.16 bits per heavy atom. The molecule has 25 heavy (non-hydrogen) atoms. The van der Waals surface area contributed by atoms with E-state index in [0.717, 1.165) is 10.0 Å². The Kier molecular flexibility index (Phi) is 7.01. The van der Waals surface area contributed by atoms with E-state index in [0.29, 0.717) is 5.02 Å². The summed E-state index contributed by atoms with van der Waals surface area (Å²) in [6.45, 7) is 1.88. The van der Waals surface area contributed by atoms with Crippen molar-refractivity contribution in [2.75, 3.05) is 6.54 Å². The van der Waals surface area contributed by atoms with Gasteiger partial charge in [0.15, 0.2) is 0 Å². The number of halogens is 2. The number of carbonyl (C=O) groups excluding carboxylic acids is 1. The highest BCUT2D eigenvalue weighted by Gasteiger charge is 2.15. The normalized spacial score (nSPS) is 12.6. The SMILES string of the molecule is CC(NC(=O)CCNS(=O)(=O)c1ccc(Cl)cc1)c1ccccc1Br. The van der Waals surface area contributed by atoms with Crippen LogP contribution in [0.15, 0.2) is 57.9 Å². The fraction of sp³-hybridized carbons (Fsp3) is 0.235. The highest BCUT2D eigenvalue weighted by Crippen LogP contribution is 2.22. The van der Waals surface area contributed by atoms with Gasteiger partial charge in [0.1, 0.15) is 0 Å². The lowest BCUT2D eigenvalue weighted by Crippen LogP contribution is -2.32. The van der Waals surface area contributed by atoms with Gasteiger partial charge in [-0.2, -0.15) is 0 Å². The summed E-state index contributed by atoms with van der Waals surface area (Å²) in [5.41, 5.74) is 0.956. The summed E-state index contributed by atoms with van der Waals surface area (Å²) < 4.78 is 27.6. The maximum Gasteiger partial charge on any atom is 0.240 e. The number of sulfonamides is 1. The quantitative estimate of drug-likeness (QED) is 0.683. The van der Waals surface area contributed by atoms with Crippen LogP contribution in [0.1, 0.15) is 24.9 Å². The first kappa shape index (κ1) is 19.9. The minimum absolute atomic E-state index is 0.0134. The lowest BCUT2D eigenvalue weighted by molar-refractivity contribution is -0.121. The molecule has 2 N–H and O–H groups in total. The fourth-order valence-electron chi connectivity index (χ4n) is 2.21. The maximum atomic E-state index is 12.1. The van der Waals surface area contributed by atoms with Crippen LogP contribution in [0.4, 0.5) is 0 Å². The molecule has 0 fully saturated rings. The number of hydrogen-bond acceptors (Lipinski definition) is 3. The Bertz CT molecular complexity index is 841. The standard InChI is InChI=1S/C17H18BrClN2O3S/c1-12(15-4-2-3-5-16(15)18)21-17(22)10-11-20-25(23,24)14-8-6-13(19)7-9-14/h2-9,12,20H,10-11H2,1H3,(H,21,22). The number of carbonyl (C=O) groups is 1. The Morgan fingerprint density at radius 3 is 2.44 bits per heavy atom. The summed E-state index contributed by atoms with van der Waals surface area (Å²) in [5.74, 6) is -0.234. The summed E-state index contributed by atoms with van der Waals surface area (Å²) >= 11 is 9.19. The van der Waals surface area contributed by atoms with Gasteiger partial charge in [-0.1, -0.05) is 45.7 Å². The van der Waals surface area contributed by atoms with E-state index in [9.17, 15) is 13.2 Å². The molecule has 1 unspecified atom stereocenters. The third-order valence-corrected chi connectivity index (χ3v) is 5.97. The molecule has 0 aliphatic rings. The number of benzene rings is 2. The fourth-order valence-corrected chi connectivity index (χ4v) is 4.00. The minimum atomic E-state index is -3.66. The molecule has 0 radical (unpaired) electrons. The van der Waals surface area contributed by atoms with Crippen molar-refractivity contribution in [2.24, 2.45) is 0 Å². The average Bonchev–Trinajstić information content (AvgIpc) is 2.55. The van der Waals surface area contributed by atoms with E-state index in [4.69, 9.17) is 11.6 Å². The van der Waals surface area contributed by atoms with E-state index in [1.807, 2.05) is 31.2 Å². The molecule has 0 saturated carbocycles. The molecule has 0 aliphatic heterocycles. The van der Waals surface area contributed by atoms with E-state index in [2.05, 4.69) is 26.0 Å². The van der Waals surface area contributed by atoms with E-state index >= 15 is 0 Å². The molecular formula is C17H18BrClN2O3S. The first-order chi connectivity index (χ1) is 11.8. The van der Waals surface area contributed by atoms with Crippen molar-refractivity contribution in [1.29, 1.82) is 0 Å². The predicted octanol–water partition coefficient (Wildman–Crippen LogP) is 3.65. The second-order valence-corrected chi connectivity index (χ2v) is 8.47. The molecule has 0 bridgehead atoms. The maximum absolute atomic E-state index is 12.1. The van der Waals surface area contributed by atoms with Crippen LogP contribution in [0.5, 0.6) is 0 Å². The number of rotatable bonds is 7. The van der Waals surface area contributed by atoms with Gasteiger partial charge in [0.2, 0.25) is 15.9 Å². The van der Waals surface area contributed by atoms with Gasteiger partial charge in [-0.15, -0.1) is 0 Å². The molecule has 2 aromatic carbocycles. The smallest absolute Gasteiger partial charge is 0.240 e. The van der Waals surface area contributed by atoms with Crippen molar-refractivity contribution in [2.45, 2.75) is 24.3 Å². The largest absolute Gasteiger partial charge is 0.350 e. The van der Waals surface area contributed by atoms with Gasteiger partial charge in [-0.25, -0.2) is 13.1 Å². The minimum Gasteiger partial charge on any atom is -0.350 e. The number of amides is 1. The molecule has 0 aliphatic carbocycles. The van der Waals surface area contributed by atoms with Crippen molar-refractivity contribution >= 4 is 43.5 Å². The van der Waals surface area contributed by atoms with Gasteiger partial charge in [-0.3, -0.25) is 4.79 Å². The van der Waals surface area contributed by atoms with Crippen LogP contribution in [0.25, 0.3) is 0 Å². The van der Waals surface area contributed by atoms with Crippen LogP contribution < -0.4 is 10.0 Å². The third-order valence-electron chi connectivity index (χ3n) is 3.52. The average molecular weight is 446 g/mol. The van der Waals surface area contributed by atoms with Crippen molar-refractivity contribution in [3.8, 4) is 0 Å². The lowest BCUT2D eigenvalue weighted by atomic mass is 10.1. The van der Waals surface area contributed by atoms with Crippen LogP contribution in [0, 0.1) is 0 Å². The lowest BCUT2D eigenvalue weighted by Gasteiger charge is -2.16. The molecule has 8 heteroatoms. The van der Waals surface area contributed by atoms with E-state index in [1.54, 1.807) is 0 Å². The van der Waals surface area contributed by atoms with E-state index in [1.165, 1.54) is 24.3 Å². The number of nitrogens with one attached hydrogen (secondary N) is 2. The van der Waals surface area contributed by atoms with Crippen LogP contribution in [0.2, 0.25) is 5.02 Å². The third kappa shape index (κ3) is 5.81. The Hall–Kier alpha value is -1.41. The highest BCUT2D eigenvalue weighted by molar-refractivity contribution is 9.10. The van der Waals surface area contributed by atoms with Crippen molar-refractivity contribution < 1.29 is 13.2 Å². The van der Waals surface area contributed by atoms with Gasteiger partial charge < -0.3 is 5.32 Å². The molecule has 1 atom stereocenters.